The first-order valence-electron chi connectivity index (χ1n) is 6.48. The molecule has 3 rings (SSSR count). The lowest BCUT2D eigenvalue weighted by Gasteiger charge is -2.11. The molecule has 2 aromatic heterocycles. The van der Waals surface area contributed by atoms with Gasteiger partial charge in [0.15, 0.2) is 5.65 Å². The Labute approximate surface area is 117 Å². The van der Waals surface area contributed by atoms with E-state index in [0.29, 0.717) is 0 Å². The lowest BCUT2D eigenvalue weighted by atomic mass is 10.2. The lowest BCUT2D eigenvalue weighted by molar-refractivity contribution is 1.13. The number of H-pyrrole nitrogens is 1. The molecule has 0 amide bonds. The van der Waals surface area contributed by atoms with Gasteiger partial charge >= 0.3 is 0 Å². The zero-order valence-corrected chi connectivity index (χ0v) is 11.5. The summed E-state index contributed by atoms with van der Waals surface area (Å²) in [6.07, 6.45) is 5.75. The monoisotopic (exact) mass is 264 g/mol. The molecule has 1 aromatic carbocycles. The second kappa shape index (κ2) is 5.17. The Kier molecular flexibility index (Phi) is 3.21. The van der Waals surface area contributed by atoms with Crippen LogP contribution in [0.1, 0.15) is 11.4 Å². The number of hydrogen-bond acceptors (Lipinski definition) is 3. The van der Waals surface area contributed by atoms with Gasteiger partial charge in [0.05, 0.1) is 5.52 Å². The summed E-state index contributed by atoms with van der Waals surface area (Å²) < 4.78 is 0. The number of benzene rings is 1. The summed E-state index contributed by atoms with van der Waals surface area (Å²) in [5.41, 5.74) is 4.03. The highest BCUT2D eigenvalue weighted by Crippen LogP contribution is 2.15. The van der Waals surface area contributed by atoms with Crippen molar-refractivity contribution in [1.82, 2.24) is 15.0 Å². The van der Waals surface area contributed by atoms with Gasteiger partial charge in [-0.2, -0.15) is 0 Å². The van der Waals surface area contributed by atoms with Crippen LogP contribution in [0.15, 0.2) is 42.6 Å². The fourth-order valence-corrected chi connectivity index (χ4v) is 2.00. The molecule has 0 aliphatic heterocycles. The van der Waals surface area contributed by atoms with Gasteiger partial charge in [-0.15, -0.1) is 0 Å². The van der Waals surface area contributed by atoms with Crippen molar-refractivity contribution < 1.29 is 0 Å². The Balaban J connectivity index is 1.82. The maximum Gasteiger partial charge on any atom is 0.178 e. The number of nitrogens with one attached hydrogen (secondary N) is 1. The average molecular weight is 264 g/mol. The Bertz CT molecular complexity index is 706. The van der Waals surface area contributed by atoms with Crippen LogP contribution in [0.4, 0.5) is 5.69 Å². The summed E-state index contributed by atoms with van der Waals surface area (Å²) in [5, 5.41) is 0. The molecule has 4 nitrogen and oxygen atoms in total. The van der Waals surface area contributed by atoms with E-state index < -0.39 is 0 Å². The summed E-state index contributed by atoms with van der Waals surface area (Å²) in [5.74, 6) is 0.815. The molecule has 2 heterocycles. The van der Waals surface area contributed by atoms with Crippen molar-refractivity contribution in [1.29, 1.82) is 0 Å². The SMILES string of the molecule is CN(C)c1ccc(/C=C/c2nc3ncccc3[nH]2)cc1. The summed E-state index contributed by atoms with van der Waals surface area (Å²) in [7, 11) is 4.07. The van der Waals surface area contributed by atoms with Gasteiger partial charge in [0, 0.05) is 26.0 Å². The van der Waals surface area contributed by atoms with Gasteiger partial charge in [0.2, 0.25) is 0 Å². The van der Waals surface area contributed by atoms with E-state index in [2.05, 4.69) is 44.1 Å². The molecule has 100 valence electrons. The summed E-state index contributed by atoms with van der Waals surface area (Å²) in [6, 6.07) is 12.2. The fraction of sp³-hybridized carbons (Fsp3) is 0.125. The van der Waals surface area contributed by atoms with E-state index in [1.54, 1.807) is 6.20 Å². The predicted octanol–water partition coefficient (Wildman–Crippen LogP) is 3.19. The van der Waals surface area contributed by atoms with E-state index in [1.807, 2.05) is 38.4 Å². The van der Waals surface area contributed by atoms with Crippen LogP contribution >= 0.6 is 0 Å². The number of nitrogens with zero attached hydrogens (tertiary/aromatic N) is 3. The number of imidazole rings is 1. The van der Waals surface area contributed by atoms with Gasteiger partial charge in [0.1, 0.15) is 5.82 Å². The zero-order chi connectivity index (χ0) is 13.9. The number of hydrogen-bond donors (Lipinski definition) is 1. The highest BCUT2D eigenvalue weighted by Gasteiger charge is 1.99. The van der Waals surface area contributed by atoms with Crippen molar-refractivity contribution in [2.75, 3.05) is 19.0 Å². The third kappa shape index (κ3) is 2.54. The number of anilines is 1. The number of aromatic nitrogens is 3. The highest BCUT2D eigenvalue weighted by molar-refractivity contribution is 5.75. The molecule has 1 N–H and O–H groups in total. The van der Waals surface area contributed by atoms with E-state index in [9.17, 15) is 0 Å². The second-order valence-corrected chi connectivity index (χ2v) is 4.82. The first-order chi connectivity index (χ1) is 9.72. The van der Waals surface area contributed by atoms with Crippen molar-refractivity contribution in [3.8, 4) is 0 Å². The highest BCUT2D eigenvalue weighted by atomic mass is 15.1. The number of rotatable bonds is 3. The third-order valence-corrected chi connectivity index (χ3v) is 3.12. The van der Waals surface area contributed by atoms with E-state index in [1.165, 1.54) is 5.69 Å². The van der Waals surface area contributed by atoms with Gasteiger partial charge in [-0.25, -0.2) is 9.97 Å². The number of fused-ring (bicyclic) bond motifs is 1. The quantitative estimate of drug-likeness (QED) is 0.790. The molecular formula is C16H16N4. The summed E-state index contributed by atoms with van der Waals surface area (Å²) in [6.45, 7) is 0. The lowest BCUT2D eigenvalue weighted by Crippen LogP contribution is -2.07. The van der Waals surface area contributed by atoms with Crippen LogP contribution in [0.2, 0.25) is 0 Å². The topological polar surface area (TPSA) is 44.8 Å². The molecule has 0 aliphatic rings. The molecule has 4 heteroatoms. The molecule has 3 aromatic rings. The molecule has 0 atom stereocenters. The molecule has 20 heavy (non-hydrogen) atoms. The van der Waals surface area contributed by atoms with Gasteiger partial charge < -0.3 is 9.88 Å². The first-order valence-corrected chi connectivity index (χ1v) is 6.48. The van der Waals surface area contributed by atoms with Crippen LogP contribution in [0.3, 0.4) is 0 Å². The van der Waals surface area contributed by atoms with Crippen LogP contribution < -0.4 is 4.90 Å². The van der Waals surface area contributed by atoms with E-state index in [0.717, 1.165) is 22.6 Å². The second-order valence-electron chi connectivity index (χ2n) is 4.82. The molecule has 0 saturated carbocycles. The molecule has 0 saturated heterocycles. The van der Waals surface area contributed by atoms with Gasteiger partial charge in [-0.05, 0) is 35.9 Å². The smallest absolute Gasteiger partial charge is 0.178 e. The van der Waals surface area contributed by atoms with Crippen LogP contribution in [0.5, 0.6) is 0 Å². The number of pyridine rings is 1. The minimum absolute atomic E-state index is 0.745. The maximum absolute atomic E-state index is 4.41. The molecule has 0 radical (unpaired) electrons. The van der Waals surface area contributed by atoms with Crippen molar-refractivity contribution in [3.63, 3.8) is 0 Å². The van der Waals surface area contributed by atoms with Crippen LogP contribution in [-0.4, -0.2) is 29.0 Å². The van der Waals surface area contributed by atoms with Crippen LogP contribution in [0, 0.1) is 0 Å². The molecule has 0 bridgehead atoms. The molecule has 0 aliphatic carbocycles. The minimum Gasteiger partial charge on any atom is -0.378 e. The van der Waals surface area contributed by atoms with Gasteiger partial charge in [-0.3, -0.25) is 0 Å². The Morgan fingerprint density at radius 1 is 1.05 bits per heavy atom. The summed E-state index contributed by atoms with van der Waals surface area (Å²) in [4.78, 5) is 13.9. The van der Waals surface area contributed by atoms with Crippen LogP contribution in [-0.2, 0) is 0 Å². The molecule has 0 spiro atoms. The van der Waals surface area contributed by atoms with Gasteiger partial charge in [-0.1, -0.05) is 18.2 Å². The van der Waals surface area contributed by atoms with Crippen molar-refractivity contribution in [2.24, 2.45) is 0 Å². The van der Waals surface area contributed by atoms with Crippen LogP contribution in [0.25, 0.3) is 23.3 Å². The van der Waals surface area contributed by atoms with E-state index in [4.69, 9.17) is 0 Å². The van der Waals surface area contributed by atoms with E-state index >= 15 is 0 Å². The molecule has 0 unspecified atom stereocenters. The van der Waals surface area contributed by atoms with Crippen molar-refractivity contribution >= 4 is 29.0 Å². The largest absolute Gasteiger partial charge is 0.378 e. The average Bonchev–Trinajstić information content (AvgIpc) is 2.88. The normalized spacial score (nSPS) is 11.3. The zero-order valence-electron chi connectivity index (χ0n) is 11.5. The van der Waals surface area contributed by atoms with Crippen molar-refractivity contribution in [2.45, 2.75) is 0 Å². The molecular weight excluding hydrogens is 248 g/mol. The summed E-state index contributed by atoms with van der Waals surface area (Å²) >= 11 is 0. The number of aromatic amines is 1. The standard InChI is InChI=1S/C16H16N4/c1-20(2)13-8-5-12(6-9-13)7-10-15-18-14-4-3-11-17-16(14)19-15/h3-11H,1-2H3,(H,17,18,19)/b10-7+. The van der Waals surface area contributed by atoms with Gasteiger partial charge in [0.25, 0.3) is 0 Å². The Hall–Kier alpha value is -2.62. The maximum atomic E-state index is 4.41. The van der Waals surface area contributed by atoms with E-state index in [-0.39, 0.29) is 0 Å². The third-order valence-electron chi connectivity index (χ3n) is 3.12. The minimum atomic E-state index is 0.745. The fourth-order valence-electron chi connectivity index (χ4n) is 2.00. The first kappa shape index (κ1) is 12.4. The Morgan fingerprint density at radius 3 is 2.55 bits per heavy atom. The Morgan fingerprint density at radius 2 is 1.85 bits per heavy atom. The predicted molar refractivity (Wildman–Crippen MR) is 83.6 cm³/mol. The molecule has 0 fully saturated rings. The van der Waals surface area contributed by atoms with Crippen molar-refractivity contribution in [3.05, 3.63) is 54.0 Å².